The zero-order valence-electron chi connectivity index (χ0n) is 12.4. The lowest BCUT2D eigenvalue weighted by atomic mass is 10.1. The Labute approximate surface area is 124 Å². The minimum absolute atomic E-state index is 0.465. The number of anilines is 1. The van der Waals surface area contributed by atoms with E-state index in [1.807, 2.05) is 32.0 Å². The Morgan fingerprint density at radius 2 is 1.81 bits per heavy atom. The lowest BCUT2D eigenvalue weighted by molar-refractivity contribution is -0.124. The molecule has 0 bridgehead atoms. The Morgan fingerprint density at radius 3 is 2.43 bits per heavy atom. The quantitative estimate of drug-likeness (QED) is 0.908. The molecule has 1 unspecified atom stereocenters. The van der Waals surface area contributed by atoms with Gasteiger partial charge in [-0.15, -0.1) is 0 Å². The Balaban J connectivity index is 2.15. The molecule has 0 aliphatic rings. The fraction of sp³-hybridized carbons (Fsp3) is 0.235. The summed E-state index contributed by atoms with van der Waals surface area (Å²) < 4.78 is 5.09. The van der Waals surface area contributed by atoms with Crippen LogP contribution in [0.5, 0.6) is 5.75 Å². The van der Waals surface area contributed by atoms with E-state index < -0.39 is 12.0 Å². The molecule has 0 aromatic heterocycles. The van der Waals surface area contributed by atoms with Crippen molar-refractivity contribution in [3.63, 3.8) is 0 Å². The first-order chi connectivity index (χ1) is 9.99. The fourth-order valence-electron chi connectivity index (χ4n) is 2.22. The molecule has 1 atom stereocenters. The second-order valence-corrected chi connectivity index (χ2v) is 5.04. The molecule has 0 spiro atoms. The van der Waals surface area contributed by atoms with Crippen LogP contribution in [0.25, 0.3) is 0 Å². The summed E-state index contributed by atoms with van der Waals surface area (Å²) in [7, 11) is 1.54. The molecule has 4 nitrogen and oxygen atoms in total. The van der Waals surface area contributed by atoms with Crippen LogP contribution in [0.4, 0.5) is 5.69 Å². The predicted molar refractivity (Wildman–Crippen MR) is 82.5 cm³/mol. The van der Waals surface area contributed by atoms with E-state index in [1.165, 1.54) is 0 Å². The van der Waals surface area contributed by atoms with E-state index in [4.69, 9.17) is 4.74 Å². The monoisotopic (exact) mass is 285 g/mol. The van der Waals surface area contributed by atoms with Gasteiger partial charge in [0.15, 0.2) is 6.10 Å². The minimum atomic E-state index is -1.24. The Bertz CT molecular complexity index is 632. The number of amides is 1. The minimum Gasteiger partial charge on any atom is -0.497 e. The molecular formula is C17H19NO3. The molecule has 0 radical (unpaired) electrons. The maximum atomic E-state index is 12.1. The zero-order valence-corrected chi connectivity index (χ0v) is 12.4. The average Bonchev–Trinajstić information content (AvgIpc) is 2.45. The standard InChI is InChI=1S/C17H19NO3/c1-11-7-12(2)9-14(8-11)18-17(20)16(19)13-5-4-6-15(10-13)21-3/h4-10,16,19H,1-3H3,(H,18,20). The summed E-state index contributed by atoms with van der Waals surface area (Å²) in [6, 6.07) is 12.6. The van der Waals surface area contributed by atoms with Crippen molar-refractivity contribution in [3.05, 3.63) is 59.2 Å². The number of carbonyl (C=O) groups excluding carboxylic acids is 1. The number of hydrogen-bond acceptors (Lipinski definition) is 3. The lowest BCUT2D eigenvalue weighted by Gasteiger charge is -2.13. The molecule has 1 amide bonds. The number of aliphatic hydroxyl groups excluding tert-OH is 1. The number of aliphatic hydroxyl groups is 1. The van der Waals surface area contributed by atoms with Gasteiger partial charge in [0.25, 0.3) is 5.91 Å². The van der Waals surface area contributed by atoms with Crippen LogP contribution in [0, 0.1) is 13.8 Å². The van der Waals surface area contributed by atoms with Gasteiger partial charge < -0.3 is 15.2 Å². The first-order valence-corrected chi connectivity index (χ1v) is 6.71. The Morgan fingerprint density at radius 1 is 1.14 bits per heavy atom. The topological polar surface area (TPSA) is 58.6 Å². The van der Waals surface area contributed by atoms with E-state index >= 15 is 0 Å². The average molecular weight is 285 g/mol. The third-order valence-corrected chi connectivity index (χ3v) is 3.15. The summed E-state index contributed by atoms with van der Waals surface area (Å²) in [5.74, 6) is 0.138. The molecule has 0 aliphatic carbocycles. The van der Waals surface area contributed by atoms with Gasteiger partial charge in [-0.05, 0) is 54.8 Å². The molecular weight excluding hydrogens is 266 g/mol. The van der Waals surface area contributed by atoms with Crippen LogP contribution in [0.1, 0.15) is 22.8 Å². The van der Waals surface area contributed by atoms with Crippen LogP contribution in [0.15, 0.2) is 42.5 Å². The molecule has 2 N–H and O–H groups in total. The number of carbonyl (C=O) groups is 1. The van der Waals surface area contributed by atoms with E-state index in [-0.39, 0.29) is 0 Å². The molecule has 0 fully saturated rings. The van der Waals surface area contributed by atoms with Crippen molar-refractivity contribution in [2.75, 3.05) is 12.4 Å². The highest BCUT2D eigenvalue weighted by molar-refractivity contribution is 5.94. The lowest BCUT2D eigenvalue weighted by Crippen LogP contribution is -2.20. The molecule has 4 heteroatoms. The van der Waals surface area contributed by atoms with Gasteiger partial charge in [0.2, 0.25) is 0 Å². The maximum Gasteiger partial charge on any atom is 0.257 e. The van der Waals surface area contributed by atoms with E-state index in [0.717, 1.165) is 11.1 Å². The molecule has 0 saturated carbocycles. The highest BCUT2D eigenvalue weighted by Crippen LogP contribution is 2.21. The van der Waals surface area contributed by atoms with Gasteiger partial charge in [-0.3, -0.25) is 4.79 Å². The third kappa shape index (κ3) is 3.83. The number of hydrogen-bond donors (Lipinski definition) is 2. The molecule has 0 heterocycles. The smallest absolute Gasteiger partial charge is 0.257 e. The van der Waals surface area contributed by atoms with Crippen molar-refractivity contribution in [1.29, 1.82) is 0 Å². The first kappa shape index (κ1) is 15.1. The number of nitrogens with one attached hydrogen (secondary N) is 1. The third-order valence-electron chi connectivity index (χ3n) is 3.15. The van der Waals surface area contributed by atoms with Gasteiger partial charge in [-0.2, -0.15) is 0 Å². The molecule has 21 heavy (non-hydrogen) atoms. The van der Waals surface area contributed by atoms with Crippen LogP contribution in [-0.2, 0) is 4.79 Å². The highest BCUT2D eigenvalue weighted by Gasteiger charge is 2.18. The maximum absolute atomic E-state index is 12.1. The molecule has 110 valence electrons. The van der Waals surface area contributed by atoms with Crippen molar-refractivity contribution < 1.29 is 14.6 Å². The van der Waals surface area contributed by atoms with Crippen LogP contribution < -0.4 is 10.1 Å². The van der Waals surface area contributed by atoms with E-state index in [0.29, 0.717) is 17.0 Å². The largest absolute Gasteiger partial charge is 0.497 e. The molecule has 0 aliphatic heterocycles. The number of benzene rings is 2. The van der Waals surface area contributed by atoms with Crippen LogP contribution in [-0.4, -0.2) is 18.1 Å². The molecule has 2 aromatic carbocycles. The van der Waals surface area contributed by atoms with Crippen molar-refractivity contribution in [2.24, 2.45) is 0 Å². The summed E-state index contributed by atoms with van der Waals surface area (Å²) in [6.45, 7) is 3.92. The van der Waals surface area contributed by atoms with Crippen molar-refractivity contribution in [2.45, 2.75) is 20.0 Å². The highest BCUT2D eigenvalue weighted by atomic mass is 16.5. The zero-order chi connectivity index (χ0) is 15.4. The summed E-state index contributed by atoms with van der Waals surface area (Å²) in [5.41, 5.74) is 3.29. The van der Waals surface area contributed by atoms with E-state index in [2.05, 4.69) is 5.32 Å². The van der Waals surface area contributed by atoms with Gasteiger partial charge in [-0.1, -0.05) is 18.2 Å². The summed E-state index contributed by atoms with van der Waals surface area (Å²) in [4.78, 5) is 12.1. The van der Waals surface area contributed by atoms with Gasteiger partial charge in [0, 0.05) is 5.69 Å². The summed E-state index contributed by atoms with van der Waals surface area (Å²) in [6.07, 6.45) is -1.24. The number of ether oxygens (including phenoxy) is 1. The van der Waals surface area contributed by atoms with Gasteiger partial charge in [0.1, 0.15) is 5.75 Å². The van der Waals surface area contributed by atoms with E-state index in [9.17, 15) is 9.90 Å². The second-order valence-electron chi connectivity index (χ2n) is 5.04. The van der Waals surface area contributed by atoms with Crippen molar-refractivity contribution in [1.82, 2.24) is 0 Å². The second kappa shape index (κ2) is 6.41. The van der Waals surface area contributed by atoms with Gasteiger partial charge >= 0.3 is 0 Å². The summed E-state index contributed by atoms with van der Waals surface area (Å²) in [5, 5.41) is 12.9. The summed E-state index contributed by atoms with van der Waals surface area (Å²) >= 11 is 0. The number of aryl methyl sites for hydroxylation is 2. The van der Waals surface area contributed by atoms with E-state index in [1.54, 1.807) is 31.4 Å². The van der Waals surface area contributed by atoms with Crippen molar-refractivity contribution >= 4 is 11.6 Å². The van der Waals surface area contributed by atoms with Gasteiger partial charge in [0.05, 0.1) is 7.11 Å². The van der Waals surface area contributed by atoms with Crippen LogP contribution >= 0.6 is 0 Å². The number of methoxy groups -OCH3 is 1. The van der Waals surface area contributed by atoms with Crippen molar-refractivity contribution in [3.8, 4) is 5.75 Å². The molecule has 0 saturated heterocycles. The van der Waals surface area contributed by atoms with Crippen LogP contribution in [0.2, 0.25) is 0 Å². The first-order valence-electron chi connectivity index (χ1n) is 6.71. The fourth-order valence-corrected chi connectivity index (χ4v) is 2.22. The molecule has 2 rings (SSSR count). The Hall–Kier alpha value is -2.33. The normalized spacial score (nSPS) is 11.8. The van der Waals surface area contributed by atoms with Gasteiger partial charge in [-0.25, -0.2) is 0 Å². The predicted octanol–water partition coefficient (Wildman–Crippen LogP) is 2.98. The SMILES string of the molecule is COc1cccc(C(O)C(=O)Nc2cc(C)cc(C)c2)c1. The number of rotatable bonds is 4. The Kier molecular flexibility index (Phi) is 4.60. The van der Waals surface area contributed by atoms with Crippen LogP contribution in [0.3, 0.4) is 0 Å². The molecule has 2 aromatic rings.